The number of hydrogen-bond acceptors (Lipinski definition) is 5. The molecule has 0 bridgehead atoms. The molecule has 0 heterocycles. The monoisotopic (exact) mass is 384 g/mol. The Morgan fingerprint density at radius 2 is 1.86 bits per heavy atom. The van der Waals surface area contributed by atoms with Crippen LogP contribution in [-0.4, -0.2) is 29.3 Å². The number of nitro groups is 1. The number of nitro benzene ring substituents is 1. The largest absolute Gasteiger partial charge is 0.375 e. The minimum atomic E-state index is -0.742. The second-order valence-electron chi connectivity index (χ2n) is 6.31. The van der Waals surface area contributed by atoms with Gasteiger partial charge in [0.05, 0.1) is 4.92 Å². The fourth-order valence-electron chi connectivity index (χ4n) is 2.51. The van der Waals surface area contributed by atoms with Gasteiger partial charge in [0.1, 0.15) is 11.7 Å². The minimum Gasteiger partial charge on any atom is -0.375 e. The summed E-state index contributed by atoms with van der Waals surface area (Å²) in [5.41, 5.74) is 1.21. The van der Waals surface area contributed by atoms with Crippen molar-refractivity contribution >= 4 is 23.2 Å². The first-order valence-electron chi connectivity index (χ1n) is 9.07. The van der Waals surface area contributed by atoms with Gasteiger partial charge in [-0.15, -0.1) is 0 Å². The Hall–Kier alpha value is -3.42. The van der Waals surface area contributed by atoms with Crippen molar-refractivity contribution in [2.45, 2.75) is 32.9 Å². The molecule has 0 unspecified atom stereocenters. The molecule has 0 aromatic heterocycles. The normalized spacial score (nSPS) is 11.4. The molecule has 0 aliphatic heterocycles. The fourth-order valence-corrected chi connectivity index (χ4v) is 2.51. The molecule has 0 spiro atoms. The van der Waals surface area contributed by atoms with Crippen LogP contribution < -0.4 is 16.0 Å². The molecule has 28 heavy (non-hydrogen) atoms. The predicted octanol–water partition coefficient (Wildman–Crippen LogP) is 2.85. The molecule has 148 valence electrons. The third-order valence-electron chi connectivity index (χ3n) is 4.07. The third kappa shape index (κ3) is 5.80. The lowest BCUT2D eigenvalue weighted by atomic mass is 10.1. The van der Waals surface area contributed by atoms with Crippen molar-refractivity contribution in [1.82, 2.24) is 10.6 Å². The van der Waals surface area contributed by atoms with Gasteiger partial charge in [-0.3, -0.25) is 19.7 Å². The summed E-state index contributed by atoms with van der Waals surface area (Å²) in [5.74, 6) is -0.845. The van der Waals surface area contributed by atoms with E-state index < -0.39 is 16.9 Å². The number of carbonyl (C=O) groups is 2. The van der Waals surface area contributed by atoms with E-state index in [1.165, 1.54) is 18.2 Å². The Balaban J connectivity index is 2.09. The van der Waals surface area contributed by atoms with E-state index in [9.17, 15) is 19.7 Å². The van der Waals surface area contributed by atoms with Crippen molar-refractivity contribution in [1.29, 1.82) is 0 Å². The summed E-state index contributed by atoms with van der Waals surface area (Å²) >= 11 is 0. The molecule has 0 fully saturated rings. The molecule has 1 atom stereocenters. The van der Waals surface area contributed by atoms with Crippen molar-refractivity contribution in [3.8, 4) is 0 Å². The van der Waals surface area contributed by atoms with Crippen LogP contribution in [0.2, 0.25) is 0 Å². The molecule has 2 rings (SSSR count). The van der Waals surface area contributed by atoms with Gasteiger partial charge in [0.15, 0.2) is 0 Å². The molecule has 2 aromatic rings. The number of benzene rings is 2. The first-order chi connectivity index (χ1) is 13.4. The Labute approximate surface area is 163 Å². The molecule has 0 aliphatic rings. The van der Waals surface area contributed by atoms with Gasteiger partial charge >= 0.3 is 0 Å². The summed E-state index contributed by atoms with van der Waals surface area (Å²) in [6.07, 6.45) is 0.788. The molecule has 8 nitrogen and oxygen atoms in total. The zero-order valence-electron chi connectivity index (χ0n) is 15.9. The van der Waals surface area contributed by atoms with Gasteiger partial charge in [-0.25, -0.2) is 0 Å². The van der Waals surface area contributed by atoms with E-state index in [1.54, 1.807) is 6.92 Å². The van der Waals surface area contributed by atoms with Gasteiger partial charge < -0.3 is 16.0 Å². The van der Waals surface area contributed by atoms with E-state index in [2.05, 4.69) is 16.0 Å². The zero-order chi connectivity index (χ0) is 20.5. The smallest absolute Gasteiger partial charge is 0.293 e. The van der Waals surface area contributed by atoms with Gasteiger partial charge in [0.25, 0.3) is 11.6 Å². The fraction of sp³-hybridized carbons (Fsp3) is 0.300. The molecular formula is C20H24N4O4. The van der Waals surface area contributed by atoms with Crippen LogP contribution >= 0.6 is 0 Å². The Kier molecular flexibility index (Phi) is 7.50. The second kappa shape index (κ2) is 10.1. The lowest BCUT2D eigenvalue weighted by Gasteiger charge is -2.14. The molecule has 2 aromatic carbocycles. The highest BCUT2D eigenvalue weighted by molar-refractivity contribution is 5.98. The molecule has 2 amide bonds. The molecule has 0 saturated heterocycles. The van der Waals surface area contributed by atoms with Crippen molar-refractivity contribution in [3.63, 3.8) is 0 Å². The van der Waals surface area contributed by atoms with Crippen molar-refractivity contribution < 1.29 is 14.5 Å². The highest BCUT2D eigenvalue weighted by atomic mass is 16.6. The maximum Gasteiger partial charge on any atom is 0.293 e. The van der Waals surface area contributed by atoms with E-state index in [-0.39, 0.29) is 17.2 Å². The topological polar surface area (TPSA) is 113 Å². The molecule has 0 aliphatic carbocycles. The van der Waals surface area contributed by atoms with Crippen molar-refractivity contribution in [2.24, 2.45) is 0 Å². The zero-order valence-corrected chi connectivity index (χ0v) is 15.9. The quantitative estimate of drug-likeness (QED) is 0.454. The predicted molar refractivity (Wildman–Crippen MR) is 107 cm³/mol. The van der Waals surface area contributed by atoms with Crippen molar-refractivity contribution in [2.75, 3.05) is 11.9 Å². The van der Waals surface area contributed by atoms with Gasteiger partial charge in [-0.1, -0.05) is 37.3 Å². The Bertz CT molecular complexity index is 839. The molecule has 0 saturated carbocycles. The van der Waals surface area contributed by atoms with Crippen LogP contribution in [0.25, 0.3) is 0 Å². The number of nitrogens with one attached hydrogen (secondary N) is 3. The standard InChI is InChI=1S/C20H24N4O4/c1-3-11-21-19(25)14(2)23-20(26)16-9-10-17(18(12-16)24(27)28)22-13-15-7-5-4-6-8-15/h4-10,12,14,22H,3,11,13H2,1-2H3,(H,21,25)(H,23,26)/t14-/m1/s1. The number of amides is 2. The summed E-state index contributed by atoms with van der Waals surface area (Å²) in [6, 6.07) is 12.9. The highest BCUT2D eigenvalue weighted by Gasteiger charge is 2.20. The van der Waals surface area contributed by atoms with Crippen LogP contribution in [0.3, 0.4) is 0 Å². The van der Waals surface area contributed by atoms with Crippen LogP contribution in [0.5, 0.6) is 0 Å². The SMILES string of the molecule is CCCNC(=O)[C@@H](C)NC(=O)c1ccc(NCc2ccccc2)c([N+](=O)[O-])c1. The van der Waals surface area contributed by atoms with Crippen molar-refractivity contribution in [3.05, 3.63) is 69.8 Å². The maximum atomic E-state index is 12.4. The molecular weight excluding hydrogens is 360 g/mol. The van der Waals surface area contributed by atoms with Crippen LogP contribution in [0.1, 0.15) is 36.2 Å². The Morgan fingerprint density at radius 1 is 1.14 bits per heavy atom. The van der Waals surface area contributed by atoms with E-state index >= 15 is 0 Å². The first kappa shape index (κ1) is 20.9. The number of carbonyl (C=O) groups excluding carboxylic acids is 2. The average Bonchev–Trinajstić information content (AvgIpc) is 2.70. The van der Waals surface area contributed by atoms with Gasteiger partial charge in [0, 0.05) is 24.7 Å². The van der Waals surface area contributed by atoms with Crippen LogP contribution in [0, 0.1) is 10.1 Å². The summed E-state index contributed by atoms with van der Waals surface area (Å²) in [6.45, 7) is 4.43. The Morgan fingerprint density at radius 3 is 2.50 bits per heavy atom. The maximum absolute atomic E-state index is 12.4. The number of hydrogen-bond donors (Lipinski definition) is 3. The van der Waals surface area contributed by atoms with Crippen LogP contribution in [0.4, 0.5) is 11.4 Å². The summed E-state index contributed by atoms with van der Waals surface area (Å²) in [4.78, 5) is 35.1. The average molecular weight is 384 g/mol. The van der Waals surface area contributed by atoms with Gasteiger partial charge in [-0.05, 0) is 31.0 Å². The minimum absolute atomic E-state index is 0.118. The van der Waals surface area contributed by atoms with E-state index in [0.717, 1.165) is 12.0 Å². The van der Waals surface area contributed by atoms with E-state index in [0.29, 0.717) is 18.8 Å². The molecule has 3 N–H and O–H groups in total. The first-order valence-corrected chi connectivity index (χ1v) is 9.07. The third-order valence-corrected chi connectivity index (χ3v) is 4.07. The number of nitrogens with zero attached hydrogens (tertiary/aromatic N) is 1. The summed E-state index contributed by atoms with van der Waals surface area (Å²) in [7, 11) is 0. The second-order valence-corrected chi connectivity index (χ2v) is 6.31. The lowest BCUT2D eigenvalue weighted by molar-refractivity contribution is -0.384. The van der Waals surface area contributed by atoms with Gasteiger partial charge in [0.2, 0.25) is 5.91 Å². The van der Waals surface area contributed by atoms with Crippen LogP contribution in [0.15, 0.2) is 48.5 Å². The summed E-state index contributed by atoms with van der Waals surface area (Å²) in [5, 5.41) is 19.7. The summed E-state index contributed by atoms with van der Waals surface area (Å²) < 4.78 is 0. The molecule has 0 radical (unpaired) electrons. The number of anilines is 1. The van der Waals surface area contributed by atoms with E-state index in [4.69, 9.17) is 0 Å². The highest BCUT2D eigenvalue weighted by Crippen LogP contribution is 2.26. The number of rotatable bonds is 9. The lowest BCUT2D eigenvalue weighted by Crippen LogP contribution is -2.45. The van der Waals surface area contributed by atoms with E-state index in [1.807, 2.05) is 37.3 Å². The van der Waals surface area contributed by atoms with Crippen LogP contribution in [-0.2, 0) is 11.3 Å². The molecule has 8 heteroatoms. The van der Waals surface area contributed by atoms with Gasteiger partial charge in [-0.2, -0.15) is 0 Å².